The molecule has 0 aliphatic carbocycles. The number of hydrogen-bond donors (Lipinski definition) is 2. The maximum absolute atomic E-state index is 13.3. The molecule has 4 heterocycles. The molecule has 0 spiro atoms. The van der Waals surface area contributed by atoms with E-state index in [0.717, 1.165) is 19.6 Å². The van der Waals surface area contributed by atoms with Gasteiger partial charge in [-0.2, -0.15) is 19.5 Å². The molecular formula is C20H29N9O3. The summed E-state index contributed by atoms with van der Waals surface area (Å²) in [5, 5.41) is 7.46. The van der Waals surface area contributed by atoms with Crippen molar-refractivity contribution in [1.82, 2.24) is 34.4 Å². The fraction of sp³-hybridized carbons (Fsp3) is 0.550. The Morgan fingerprint density at radius 2 is 2.03 bits per heavy atom. The molecule has 3 aromatic heterocycles. The number of methoxy groups -OCH3 is 1. The van der Waals surface area contributed by atoms with Crippen LogP contribution < -0.4 is 11.1 Å². The fourth-order valence-electron chi connectivity index (χ4n) is 3.64. The van der Waals surface area contributed by atoms with Crippen LogP contribution in [0.2, 0.25) is 0 Å². The number of nitrogen functional groups attached to an aromatic ring is 1. The molecule has 0 saturated carbocycles. The number of furan rings is 1. The summed E-state index contributed by atoms with van der Waals surface area (Å²) in [4.78, 5) is 30.5. The number of nitrogens with two attached hydrogens (primary N) is 1. The van der Waals surface area contributed by atoms with E-state index in [2.05, 4.69) is 30.3 Å². The number of aromatic nitrogens is 5. The van der Waals surface area contributed by atoms with Gasteiger partial charge in [0.05, 0.1) is 12.9 Å². The second-order valence-corrected chi connectivity index (χ2v) is 8.06. The van der Waals surface area contributed by atoms with Gasteiger partial charge < -0.3 is 25.1 Å². The average molecular weight is 444 g/mol. The van der Waals surface area contributed by atoms with Gasteiger partial charge in [-0.25, -0.2) is 0 Å². The average Bonchev–Trinajstić information content (AvgIpc) is 3.46. The van der Waals surface area contributed by atoms with Gasteiger partial charge in [-0.1, -0.05) is 13.8 Å². The zero-order valence-corrected chi connectivity index (χ0v) is 18.6. The number of carbonyl (C=O) groups excluding carboxylic acids is 1. The van der Waals surface area contributed by atoms with Gasteiger partial charge in [0.15, 0.2) is 5.76 Å². The number of fused-ring (bicyclic) bond motifs is 1. The number of amides is 1. The summed E-state index contributed by atoms with van der Waals surface area (Å²) in [6.07, 6.45) is 1.54. The zero-order valence-electron chi connectivity index (χ0n) is 18.6. The molecule has 1 aliphatic heterocycles. The summed E-state index contributed by atoms with van der Waals surface area (Å²) in [7, 11) is 1.70. The monoisotopic (exact) mass is 443 g/mol. The Balaban J connectivity index is 1.48. The van der Waals surface area contributed by atoms with Crippen molar-refractivity contribution in [3.8, 4) is 11.6 Å². The van der Waals surface area contributed by atoms with Crippen molar-refractivity contribution < 1.29 is 13.9 Å². The van der Waals surface area contributed by atoms with Gasteiger partial charge in [0.1, 0.15) is 6.04 Å². The van der Waals surface area contributed by atoms with Gasteiger partial charge in [0, 0.05) is 39.8 Å². The maximum atomic E-state index is 13.3. The Kier molecular flexibility index (Phi) is 6.51. The van der Waals surface area contributed by atoms with Gasteiger partial charge >= 0.3 is 0 Å². The zero-order chi connectivity index (χ0) is 22.7. The third kappa shape index (κ3) is 4.65. The van der Waals surface area contributed by atoms with Crippen LogP contribution in [0.25, 0.3) is 17.4 Å². The number of nitrogens with zero attached hydrogens (tertiary/aromatic N) is 7. The smallest absolute Gasteiger partial charge is 0.259 e. The van der Waals surface area contributed by atoms with Crippen LogP contribution >= 0.6 is 0 Å². The number of hydrogen-bond acceptors (Lipinski definition) is 10. The van der Waals surface area contributed by atoms with E-state index in [1.54, 1.807) is 25.5 Å². The molecule has 1 amide bonds. The Hall–Kier alpha value is -3.25. The van der Waals surface area contributed by atoms with Crippen LogP contribution in [0.15, 0.2) is 22.8 Å². The lowest BCUT2D eigenvalue weighted by Gasteiger charge is -2.37. The molecule has 1 aliphatic rings. The summed E-state index contributed by atoms with van der Waals surface area (Å²) < 4.78 is 11.8. The van der Waals surface area contributed by atoms with Gasteiger partial charge in [0.25, 0.3) is 5.78 Å². The highest BCUT2D eigenvalue weighted by Crippen LogP contribution is 2.19. The first-order valence-electron chi connectivity index (χ1n) is 10.7. The van der Waals surface area contributed by atoms with Gasteiger partial charge in [-0.05, 0) is 18.1 Å². The number of anilines is 2. The van der Waals surface area contributed by atoms with Crippen LogP contribution in [0.4, 0.5) is 11.9 Å². The predicted molar refractivity (Wildman–Crippen MR) is 118 cm³/mol. The number of carbonyl (C=O) groups is 1. The van der Waals surface area contributed by atoms with Crippen LogP contribution in [0.3, 0.4) is 0 Å². The third-order valence-electron chi connectivity index (χ3n) is 5.49. The van der Waals surface area contributed by atoms with E-state index >= 15 is 0 Å². The third-order valence-corrected chi connectivity index (χ3v) is 5.49. The van der Waals surface area contributed by atoms with Crippen molar-refractivity contribution in [2.24, 2.45) is 5.92 Å². The van der Waals surface area contributed by atoms with E-state index in [9.17, 15) is 4.79 Å². The normalized spacial score (nSPS) is 16.1. The standard InChI is InChI=1S/C20H29N9O3/c1-13(2)15(17(30)28-8-6-27(7-9-28)10-12-31-3)22-19-24-18(21)29-20(25-19)23-16(26-29)14-5-4-11-32-14/h4-5,11,13,15H,6-10,12H2,1-3H3,(H3,21,22,23,24,25,26). The van der Waals surface area contributed by atoms with Crippen LogP contribution in [-0.2, 0) is 9.53 Å². The summed E-state index contributed by atoms with van der Waals surface area (Å²) in [6.45, 7) is 8.52. The molecular weight excluding hydrogens is 414 g/mol. The van der Waals surface area contributed by atoms with Gasteiger partial charge in [0.2, 0.25) is 23.6 Å². The molecule has 12 heteroatoms. The van der Waals surface area contributed by atoms with Crippen LogP contribution in [0.5, 0.6) is 0 Å². The van der Waals surface area contributed by atoms with Crippen molar-refractivity contribution in [3.63, 3.8) is 0 Å². The minimum Gasteiger partial charge on any atom is -0.461 e. The second kappa shape index (κ2) is 9.49. The lowest BCUT2D eigenvalue weighted by Crippen LogP contribution is -2.54. The highest BCUT2D eigenvalue weighted by molar-refractivity contribution is 5.84. The van der Waals surface area contributed by atoms with Crippen LogP contribution in [-0.4, -0.2) is 92.8 Å². The number of piperazine rings is 1. The predicted octanol–water partition coefficient (Wildman–Crippen LogP) is 0.589. The van der Waals surface area contributed by atoms with Crippen molar-refractivity contribution in [2.45, 2.75) is 19.9 Å². The quantitative estimate of drug-likeness (QED) is 0.508. The fourth-order valence-corrected chi connectivity index (χ4v) is 3.64. The van der Waals surface area contributed by atoms with E-state index in [0.29, 0.717) is 31.3 Å². The first-order valence-corrected chi connectivity index (χ1v) is 10.7. The molecule has 32 heavy (non-hydrogen) atoms. The van der Waals surface area contributed by atoms with E-state index < -0.39 is 6.04 Å². The lowest BCUT2D eigenvalue weighted by atomic mass is 10.0. The Labute approximate surface area is 185 Å². The molecule has 0 bridgehead atoms. The number of nitrogens with one attached hydrogen (secondary N) is 1. The molecule has 0 radical (unpaired) electrons. The summed E-state index contributed by atoms with van der Waals surface area (Å²) >= 11 is 0. The molecule has 4 rings (SSSR count). The molecule has 0 aromatic carbocycles. The molecule has 172 valence electrons. The van der Waals surface area contributed by atoms with E-state index in [1.807, 2.05) is 18.7 Å². The second-order valence-electron chi connectivity index (χ2n) is 8.06. The van der Waals surface area contributed by atoms with E-state index in [-0.39, 0.29) is 29.5 Å². The molecule has 1 atom stereocenters. The highest BCUT2D eigenvalue weighted by Gasteiger charge is 2.30. The first-order chi connectivity index (χ1) is 15.5. The highest BCUT2D eigenvalue weighted by atomic mass is 16.5. The summed E-state index contributed by atoms with van der Waals surface area (Å²) in [5.74, 6) is 1.52. The SMILES string of the molecule is COCCN1CCN(C(=O)C(Nc2nc(N)n3nc(-c4ccco4)nc3n2)C(C)C)CC1. The summed E-state index contributed by atoms with van der Waals surface area (Å²) in [5.41, 5.74) is 6.08. The molecule has 3 aromatic rings. The minimum atomic E-state index is -0.491. The van der Waals surface area contributed by atoms with Crippen molar-refractivity contribution >= 4 is 23.6 Å². The maximum Gasteiger partial charge on any atom is 0.259 e. The molecule has 1 saturated heterocycles. The molecule has 3 N–H and O–H groups in total. The topological polar surface area (TPSA) is 140 Å². The number of rotatable bonds is 8. The van der Waals surface area contributed by atoms with Crippen LogP contribution in [0.1, 0.15) is 13.8 Å². The van der Waals surface area contributed by atoms with E-state index in [1.165, 1.54) is 4.52 Å². The molecule has 1 unspecified atom stereocenters. The first kappa shape index (κ1) is 22.0. The van der Waals surface area contributed by atoms with Gasteiger partial charge in [-0.3, -0.25) is 9.69 Å². The molecule has 1 fully saturated rings. The van der Waals surface area contributed by atoms with Crippen molar-refractivity contribution in [2.75, 3.05) is 57.5 Å². The molecule has 12 nitrogen and oxygen atoms in total. The van der Waals surface area contributed by atoms with Gasteiger partial charge in [-0.15, -0.1) is 5.10 Å². The van der Waals surface area contributed by atoms with Crippen molar-refractivity contribution in [3.05, 3.63) is 18.4 Å². The van der Waals surface area contributed by atoms with Crippen molar-refractivity contribution in [1.29, 1.82) is 0 Å². The lowest BCUT2D eigenvalue weighted by molar-refractivity contribution is -0.134. The summed E-state index contributed by atoms with van der Waals surface area (Å²) in [6, 6.07) is 3.01. The number of ether oxygens (including phenoxy) is 1. The Bertz CT molecular complexity index is 1040. The Morgan fingerprint density at radius 1 is 1.25 bits per heavy atom. The van der Waals surface area contributed by atoms with E-state index in [4.69, 9.17) is 14.9 Å². The minimum absolute atomic E-state index is 0.0196. The Morgan fingerprint density at radius 3 is 2.69 bits per heavy atom. The largest absolute Gasteiger partial charge is 0.461 e. The van der Waals surface area contributed by atoms with Crippen LogP contribution in [0, 0.1) is 5.92 Å².